The largest absolute Gasteiger partial charge is 0.431 e. The molecule has 2 aromatic carbocycles. The zero-order valence-electron chi connectivity index (χ0n) is 15.6. The Morgan fingerprint density at radius 1 is 1.17 bits per heavy atom. The number of benzene rings is 2. The highest BCUT2D eigenvalue weighted by molar-refractivity contribution is 7.98. The van der Waals surface area contributed by atoms with Gasteiger partial charge in [-0.2, -0.15) is 0 Å². The first kappa shape index (κ1) is 17.9. The molecule has 1 aliphatic rings. The minimum absolute atomic E-state index is 0.121. The highest BCUT2D eigenvalue weighted by Crippen LogP contribution is 2.35. The van der Waals surface area contributed by atoms with Crippen molar-refractivity contribution in [3.8, 4) is 0 Å². The third-order valence-corrected chi connectivity index (χ3v) is 5.76. The van der Waals surface area contributed by atoms with Crippen LogP contribution in [-0.4, -0.2) is 25.7 Å². The van der Waals surface area contributed by atoms with Crippen LogP contribution in [0.25, 0.3) is 11.1 Å². The van der Waals surface area contributed by atoms with Crippen molar-refractivity contribution in [1.29, 1.82) is 0 Å². The van der Waals surface area contributed by atoms with E-state index in [1.54, 1.807) is 6.33 Å². The molecule has 2 aromatic heterocycles. The van der Waals surface area contributed by atoms with E-state index in [9.17, 15) is 4.79 Å². The van der Waals surface area contributed by atoms with Gasteiger partial charge in [0.1, 0.15) is 11.8 Å². The van der Waals surface area contributed by atoms with E-state index in [4.69, 9.17) is 4.42 Å². The lowest BCUT2D eigenvalue weighted by Gasteiger charge is -2.10. The molecule has 0 saturated heterocycles. The van der Waals surface area contributed by atoms with Crippen molar-refractivity contribution < 1.29 is 9.21 Å². The third kappa shape index (κ3) is 3.88. The molecule has 1 saturated carbocycles. The van der Waals surface area contributed by atoms with Crippen LogP contribution < -0.4 is 5.32 Å². The van der Waals surface area contributed by atoms with E-state index in [-0.39, 0.29) is 5.91 Å². The van der Waals surface area contributed by atoms with Gasteiger partial charge in [-0.1, -0.05) is 42.1 Å². The number of para-hydroxylation sites is 2. The van der Waals surface area contributed by atoms with E-state index in [2.05, 4.69) is 25.1 Å². The summed E-state index contributed by atoms with van der Waals surface area (Å²) >= 11 is 1.48. The second kappa shape index (κ2) is 7.71. The Morgan fingerprint density at radius 2 is 2.00 bits per heavy atom. The maximum atomic E-state index is 12.8. The first-order valence-electron chi connectivity index (χ1n) is 9.51. The number of thioether (sulfide) groups is 1. The van der Waals surface area contributed by atoms with Crippen LogP contribution in [0.1, 0.15) is 40.6 Å². The number of nitrogens with zero attached hydrogens (tertiary/aromatic N) is 4. The number of rotatable bonds is 7. The lowest BCUT2D eigenvalue weighted by Crippen LogP contribution is -2.25. The summed E-state index contributed by atoms with van der Waals surface area (Å²) in [7, 11) is 0. The molecule has 8 heteroatoms. The Hall–Kier alpha value is -3.13. The van der Waals surface area contributed by atoms with E-state index in [0.29, 0.717) is 29.1 Å². The summed E-state index contributed by atoms with van der Waals surface area (Å²) in [5, 5.41) is 11.7. The van der Waals surface area contributed by atoms with Crippen LogP contribution in [0.2, 0.25) is 0 Å². The molecule has 1 amide bonds. The van der Waals surface area contributed by atoms with Crippen molar-refractivity contribution in [2.45, 2.75) is 36.4 Å². The Kier molecular flexibility index (Phi) is 4.77. The zero-order chi connectivity index (χ0) is 19.6. The minimum atomic E-state index is -0.121. The number of amides is 1. The molecule has 1 aliphatic carbocycles. The van der Waals surface area contributed by atoms with Gasteiger partial charge in [0.05, 0.1) is 6.54 Å². The molecule has 29 heavy (non-hydrogen) atoms. The van der Waals surface area contributed by atoms with Crippen LogP contribution >= 0.6 is 11.8 Å². The second-order valence-corrected chi connectivity index (χ2v) is 7.89. The van der Waals surface area contributed by atoms with Gasteiger partial charge in [-0.05, 0) is 36.6 Å². The van der Waals surface area contributed by atoms with E-state index in [1.165, 1.54) is 11.8 Å². The number of carbonyl (C=O) groups excluding carboxylic acids is 1. The molecule has 0 aliphatic heterocycles. The number of fused-ring (bicyclic) bond motifs is 1. The van der Waals surface area contributed by atoms with Crippen LogP contribution in [0.4, 0.5) is 0 Å². The first-order valence-corrected chi connectivity index (χ1v) is 10.5. The maximum absolute atomic E-state index is 12.8. The van der Waals surface area contributed by atoms with Crippen LogP contribution in [0, 0.1) is 0 Å². The Bertz CT molecular complexity index is 1130. The van der Waals surface area contributed by atoms with E-state index < -0.39 is 0 Å². The monoisotopic (exact) mass is 405 g/mol. The van der Waals surface area contributed by atoms with Gasteiger partial charge in [0.25, 0.3) is 11.1 Å². The molecule has 0 radical (unpaired) electrons. The fourth-order valence-electron chi connectivity index (χ4n) is 3.23. The minimum Gasteiger partial charge on any atom is -0.431 e. The molecule has 0 unspecified atom stereocenters. The van der Waals surface area contributed by atoms with Gasteiger partial charge in [0.2, 0.25) is 0 Å². The topological polar surface area (TPSA) is 85.8 Å². The number of oxazole rings is 1. The lowest BCUT2D eigenvalue weighted by atomic mass is 10.1. The second-order valence-electron chi connectivity index (χ2n) is 6.96. The molecule has 7 nitrogen and oxygen atoms in total. The van der Waals surface area contributed by atoms with Gasteiger partial charge in [-0.15, -0.1) is 10.2 Å². The normalized spacial score (nSPS) is 13.7. The Labute approximate surface area is 171 Å². The van der Waals surface area contributed by atoms with Crippen molar-refractivity contribution in [2.24, 2.45) is 0 Å². The van der Waals surface area contributed by atoms with Crippen LogP contribution in [-0.2, 0) is 12.3 Å². The quantitative estimate of drug-likeness (QED) is 0.468. The molecule has 2 heterocycles. The summed E-state index contributed by atoms with van der Waals surface area (Å²) in [5.74, 6) is 1.26. The fraction of sp³-hybridized carbons (Fsp3) is 0.238. The molecule has 4 aromatic rings. The van der Waals surface area contributed by atoms with Crippen molar-refractivity contribution in [2.75, 3.05) is 0 Å². The van der Waals surface area contributed by atoms with Gasteiger partial charge in [-0.25, -0.2) is 4.98 Å². The fourth-order valence-corrected chi connectivity index (χ4v) is 4.07. The summed E-state index contributed by atoms with van der Waals surface area (Å²) in [4.78, 5) is 17.3. The number of hydrogen-bond acceptors (Lipinski definition) is 6. The number of carbonyl (C=O) groups is 1. The predicted molar refractivity (Wildman–Crippen MR) is 109 cm³/mol. The summed E-state index contributed by atoms with van der Waals surface area (Å²) in [6.07, 6.45) is 4.04. The molecular formula is C21H19N5O2S. The van der Waals surface area contributed by atoms with Crippen molar-refractivity contribution >= 4 is 28.8 Å². The lowest BCUT2D eigenvalue weighted by molar-refractivity contribution is 0.0948. The van der Waals surface area contributed by atoms with Crippen LogP contribution in [0.3, 0.4) is 0 Å². The number of hydrogen-bond donors (Lipinski definition) is 1. The first-order chi connectivity index (χ1) is 14.3. The van der Waals surface area contributed by atoms with Gasteiger partial charge in [-0.3, -0.25) is 4.79 Å². The van der Waals surface area contributed by atoms with Crippen LogP contribution in [0.15, 0.2) is 64.5 Å². The summed E-state index contributed by atoms with van der Waals surface area (Å²) in [6, 6.07) is 15.8. The Balaban J connectivity index is 1.26. The average Bonchev–Trinajstić information content (AvgIpc) is 3.33. The summed E-state index contributed by atoms with van der Waals surface area (Å²) < 4.78 is 7.81. The molecule has 0 spiro atoms. The molecule has 146 valence electrons. The van der Waals surface area contributed by atoms with Crippen LogP contribution in [0.5, 0.6) is 0 Å². The van der Waals surface area contributed by atoms with E-state index in [1.807, 2.05) is 48.5 Å². The van der Waals surface area contributed by atoms with E-state index >= 15 is 0 Å². The third-order valence-electron chi connectivity index (χ3n) is 4.88. The summed E-state index contributed by atoms with van der Waals surface area (Å²) in [5.41, 5.74) is 3.18. The van der Waals surface area contributed by atoms with E-state index in [0.717, 1.165) is 35.3 Å². The number of aromatic nitrogens is 4. The smallest absolute Gasteiger partial charge is 0.257 e. The highest BCUT2D eigenvalue weighted by Gasteiger charge is 2.26. The number of nitrogens with one attached hydrogen (secondary N) is 1. The predicted octanol–water partition coefficient (Wildman–Crippen LogP) is 3.98. The summed E-state index contributed by atoms with van der Waals surface area (Å²) in [6.45, 7) is 0.363. The average molecular weight is 405 g/mol. The van der Waals surface area contributed by atoms with Crippen molar-refractivity contribution in [3.05, 3.63) is 71.8 Å². The maximum Gasteiger partial charge on any atom is 0.257 e. The Morgan fingerprint density at radius 3 is 2.86 bits per heavy atom. The molecule has 0 bridgehead atoms. The standard InChI is InChI=1S/C21H19N5O2S/c27-20(22-11-19-25-23-13-26(19)15-9-10-15)16-6-2-1-5-14(16)12-29-21-24-17-7-3-4-8-18(17)28-21/h1-8,13,15H,9-12H2,(H,22,27). The zero-order valence-corrected chi connectivity index (χ0v) is 16.4. The van der Waals surface area contributed by atoms with Gasteiger partial charge in [0.15, 0.2) is 11.4 Å². The van der Waals surface area contributed by atoms with Crippen molar-refractivity contribution in [3.63, 3.8) is 0 Å². The van der Waals surface area contributed by atoms with Gasteiger partial charge >= 0.3 is 0 Å². The molecule has 0 atom stereocenters. The van der Waals surface area contributed by atoms with Gasteiger partial charge in [0, 0.05) is 17.4 Å². The molecule has 1 fully saturated rings. The van der Waals surface area contributed by atoms with Crippen molar-refractivity contribution in [1.82, 2.24) is 25.1 Å². The van der Waals surface area contributed by atoms with Gasteiger partial charge < -0.3 is 14.3 Å². The molecule has 1 N–H and O–H groups in total. The highest BCUT2D eigenvalue weighted by atomic mass is 32.2. The SMILES string of the molecule is O=C(NCc1nncn1C1CC1)c1ccccc1CSc1nc2ccccc2o1. The molecular weight excluding hydrogens is 386 g/mol. The molecule has 5 rings (SSSR count).